The van der Waals surface area contributed by atoms with Gasteiger partial charge >= 0.3 is 0 Å². The summed E-state index contributed by atoms with van der Waals surface area (Å²) in [5.74, 6) is 0. The molecule has 3 rings (SSSR count). The maximum Gasteiger partial charge on any atom is 0.0965 e. The van der Waals surface area contributed by atoms with Gasteiger partial charge in [0.05, 0.1) is 24.4 Å². The van der Waals surface area contributed by atoms with Crippen molar-refractivity contribution in [2.45, 2.75) is 64.3 Å². The van der Waals surface area contributed by atoms with E-state index < -0.39 is 11.7 Å². The van der Waals surface area contributed by atoms with E-state index in [1.54, 1.807) is 0 Å². The SMILES string of the molecule is CC1=C[C@H]2OC[C@]3(O)C[C@H](O)C[C@]3(C)[C@@]2(C)CC1. The Morgan fingerprint density at radius 2 is 2.06 bits per heavy atom. The second kappa shape index (κ2) is 3.59. The molecule has 0 amide bonds. The topological polar surface area (TPSA) is 49.7 Å². The molecule has 0 bridgehead atoms. The van der Waals surface area contributed by atoms with Crippen LogP contribution in [0.4, 0.5) is 0 Å². The highest BCUT2D eigenvalue weighted by Crippen LogP contribution is 2.64. The lowest BCUT2D eigenvalue weighted by molar-refractivity contribution is -0.244. The highest BCUT2D eigenvalue weighted by Gasteiger charge is 2.67. The third kappa shape index (κ3) is 1.36. The standard InChI is InChI=1S/C15H24O3/c1-10-4-5-13(2)12(6-10)18-9-15(17)8-11(16)7-14(13,15)3/h6,11-12,16-17H,4-5,7-9H2,1-3H3/t11-,12-,13+,14-,15-/m1/s1. The molecule has 0 aromatic rings. The summed E-state index contributed by atoms with van der Waals surface area (Å²) in [7, 11) is 0. The van der Waals surface area contributed by atoms with Crippen molar-refractivity contribution in [3.8, 4) is 0 Å². The van der Waals surface area contributed by atoms with E-state index in [0.29, 0.717) is 19.4 Å². The van der Waals surface area contributed by atoms with Gasteiger partial charge in [-0.2, -0.15) is 0 Å². The highest BCUT2D eigenvalue weighted by molar-refractivity contribution is 5.23. The van der Waals surface area contributed by atoms with Crippen LogP contribution in [-0.4, -0.2) is 34.6 Å². The summed E-state index contributed by atoms with van der Waals surface area (Å²) >= 11 is 0. The Hall–Kier alpha value is -0.380. The van der Waals surface area contributed by atoms with Gasteiger partial charge in [0.15, 0.2) is 0 Å². The number of hydrogen-bond donors (Lipinski definition) is 2. The number of ether oxygens (including phenoxy) is 1. The van der Waals surface area contributed by atoms with Gasteiger partial charge in [-0.25, -0.2) is 0 Å². The summed E-state index contributed by atoms with van der Waals surface area (Å²) in [6, 6.07) is 0. The van der Waals surface area contributed by atoms with Crippen LogP contribution < -0.4 is 0 Å². The zero-order valence-corrected chi connectivity index (χ0v) is 11.6. The van der Waals surface area contributed by atoms with E-state index in [1.807, 2.05) is 0 Å². The van der Waals surface area contributed by atoms with Gasteiger partial charge in [-0.3, -0.25) is 0 Å². The van der Waals surface area contributed by atoms with Crippen LogP contribution in [0.25, 0.3) is 0 Å². The Morgan fingerprint density at radius 3 is 2.78 bits per heavy atom. The normalized spacial score (nSPS) is 55.7. The third-order valence-electron chi connectivity index (χ3n) is 6.11. The first-order chi connectivity index (χ1) is 8.31. The van der Waals surface area contributed by atoms with Gasteiger partial charge in [0.1, 0.15) is 0 Å². The van der Waals surface area contributed by atoms with Crippen molar-refractivity contribution in [3.05, 3.63) is 11.6 Å². The average molecular weight is 252 g/mol. The lowest BCUT2D eigenvalue weighted by Gasteiger charge is -2.59. The Balaban J connectivity index is 2.06. The molecule has 2 aliphatic carbocycles. The Labute approximate surface area is 109 Å². The third-order valence-corrected chi connectivity index (χ3v) is 6.11. The Kier molecular flexibility index (Phi) is 2.52. The molecule has 2 N–H and O–H groups in total. The molecular weight excluding hydrogens is 228 g/mol. The molecule has 1 aliphatic heterocycles. The summed E-state index contributed by atoms with van der Waals surface area (Å²) in [5, 5.41) is 20.9. The van der Waals surface area contributed by atoms with E-state index in [4.69, 9.17) is 4.74 Å². The summed E-state index contributed by atoms with van der Waals surface area (Å²) in [6.45, 7) is 6.87. The van der Waals surface area contributed by atoms with Gasteiger partial charge in [0.2, 0.25) is 0 Å². The summed E-state index contributed by atoms with van der Waals surface area (Å²) in [5.41, 5.74) is 0.192. The van der Waals surface area contributed by atoms with Crippen LogP contribution >= 0.6 is 0 Å². The molecule has 1 saturated heterocycles. The second-order valence-corrected chi connectivity index (χ2v) is 7.09. The van der Waals surface area contributed by atoms with Crippen molar-refractivity contribution < 1.29 is 14.9 Å². The molecule has 0 spiro atoms. The predicted octanol–water partition coefficient (Wildman–Crippen LogP) is 2.02. The van der Waals surface area contributed by atoms with Crippen LogP contribution in [0.1, 0.15) is 46.5 Å². The largest absolute Gasteiger partial charge is 0.393 e. The Morgan fingerprint density at radius 1 is 1.33 bits per heavy atom. The monoisotopic (exact) mass is 252 g/mol. The first kappa shape index (κ1) is 12.6. The molecule has 3 heteroatoms. The molecule has 0 aromatic heterocycles. The van der Waals surface area contributed by atoms with Crippen molar-refractivity contribution in [2.24, 2.45) is 10.8 Å². The molecule has 2 fully saturated rings. The summed E-state index contributed by atoms with van der Waals surface area (Å²) < 4.78 is 5.95. The first-order valence-electron chi connectivity index (χ1n) is 7.00. The number of aliphatic hydroxyl groups is 2. The van der Waals surface area contributed by atoms with Gasteiger partial charge in [-0.05, 0) is 26.2 Å². The second-order valence-electron chi connectivity index (χ2n) is 7.09. The number of hydrogen-bond acceptors (Lipinski definition) is 3. The molecule has 5 atom stereocenters. The first-order valence-corrected chi connectivity index (χ1v) is 7.00. The van der Waals surface area contributed by atoms with Crippen LogP contribution in [0.5, 0.6) is 0 Å². The van der Waals surface area contributed by atoms with Crippen LogP contribution in [0.3, 0.4) is 0 Å². The van der Waals surface area contributed by atoms with E-state index in [1.165, 1.54) is 5.57 Å². The predicted molar refractivity (Wildman–Crippen MR) is 69.1 cm³/mol. The summed E-state index contributed by atoms with van der Waals surface area (Å²) in [6.07, 6.45) is 5.15. The zero-order chi connectivity index (χ0) is 13.2. The van der Waals surface area contributed by atoms with Crippen molar-refractivity contribution >= 4 is 0 Å². The lowest BCUT2D eigenvalue weighted by atomic mass is 9.51. The maximum atomic E-state index is 10.9. The molecule has 1 saturated carbocycles. The van der Waals surface area contributed by atoms with E-state index in [-0.39, 0.29) is 16.9 Å². The molecule has 1 heterocycles. The van der Waals surface area contributed by atoms with Gasteiger partial charge in [-0.15, -0.1) is 0 Å². The van der Waals surface area contributed by atoms with E-state index in [0.717, 1.165) is 12.8 Å². The fourth-order valence-corrected chi connectivity index (χ4v) is 4.51. The van der Waals surface area contributed by atoms with Gasteiger partial charge in [-0.1, -0.05) is 25.5 Å². The van der Waals surface area contributed by atoms with Crippen molar-refractivity contribution in [1.29, 1.82) is 0 Å². The lowest BCUT2D eigenvalue weighted by Crippen LogP contribution is -2.64. The molecule has 3 nitrogen and oxygen atoms in total. The van der Waals surface area contributed by atoms with Gasteiger partial charge in [0.25, 0.3) is 0 Å². The minimum absolute atomic E-state index is 0.0724. The average Bonchev–Trinajstić information content (AvgIpc) is 2.52. The maximum absolute atomic E-state index is 10.9. The fourth-order valence-electron chi connectivity index (χ4n) is 4.51. The summed E-state index contributed by atoms with van der Waals surface area (Å²) in [4.78, 5) is 0. The van der Waals surface area contributed by atoms with Crippen LogP contribution in [0, 0.1) is 10.8 Å². The van der Waals surface area contributed by atoms with Crippen LogP contribution in [0.2, 0.25) is 0 Å². The minimum atomic E-state index is -0.864. The van der Waals surface area contributed by atoms with Gasteiger partial charge < -0.3 is 14.9 Å². The quantitative estimate of drug-likeness (QED) is 0.649. The fraction of sp³-hybridized carbons (Fsp3) is 0.867. The van der Waals surface area contributed by atoms with Crippen molar-refractivity contribution in [3.63, 3.8) is 0 Å². The molecule has 0 unspecified atom stereocenters. The zero-order valence-electron chi connectivity index (χ0n) is 11.6. The minimum Gasteiger partial charge on any atom is -0.393 e. The number of fused-ring (bicyclic) bond motifs is 3. The van der Waals surface area contributed by atoms with Crippen LogP contribution in [0.15, 0.2) is 11.6 Å². The molecule has 18 heavy (non-hydrogen) atoms. The number of allylic oxidation sites excluding steroid dienone is 1. The number of rotatable bonds is 0. The van der Waals surface area contributed by atoms with E-state index >= 15 is 0 Å². The number of aliphatic hydroxyl groups excluding tert-OH is 1. The van der Waals surface area contributed by atoms with Gasteiger partial charge in [0, 0.05) is 17.3 Å². The Bertz CT molecular complexity index is 405. The molecule has 0 aromatic carbocycles. The van der Waals surface area contributed by atoms with E-state index in [2.05, 4.69) is 26.8 Å². The van der Waals surface area contributed by atoms with Crippen LogP contribution in [-0.2, 0) is 4.74 Å². The molecule has 102 valence electrons. The molecule has 3 aliphatic rings. The molecule has 0 radical (unpaired) electrons. The molecular formula is C15H24O3. The van der Waals surface area contributed by atoms with E-state index in [9.17, 15) is 10.2 Å². The van der Waals surface area contributed by atoms with Crippen molar-refractivity contribution in [2.75, 3.05) is 6.61 Å². The van der Waals surface area contributed by atoms with Crippen molar-refractivity contribution in [1.82, 2.24) is 0 Å². The highest BCUT2D eigenvalue weighted by atomic mass is 16.5. The smallest absolute Gasteiger partial charge is 0.0965 e.